The van der Waals surface area contributed by atoms with E-state index in [9.17, 15) is 4.79 Å². The van der Waals surface area contributed by atoms with Crippen molar-refractivity contribution in [3.8, 4) is 0 Å². The van der Waals surface area contributed by atoms with Gasteiger partial charge in [0.2, 0.25) is 5.91 Å². The number of carbonyl (C=O) groups excluding carboxylic acids is 1. The van der Waals surface area contributed by atoms with Crippen molar-refractivity contribution in [2.75, 3.05) is 13.1 Å². The summed E-state index contributed by atoms with van der Waals surface area (Å²) in [6.45, 7) is 9.49. The van der Waals surface area contributed by atoms with Crippen LogP contribution in [0.2, 0.25) is 0 Å². The lowest BCUT2D eigenvalue weighted by Crippen LogP contribution is -2.28. The molecule has 1 heterocycles. The van der Waals surface area contributed by atoms with Gasteiger partial charge in [-0.15, -0.1) is 0 Å². The summed E-state index contributed by atoms with van der Waals surface area (Å²) in [5.41, 5.74) is 1.41. The van der Waals surface area contributed by atoms with Crippen LogP contribution in [-0.2, 0) is 4.79 Å². The Morgan fingerprint density at radius 2 is 2.08 bits per heavy atom. The predicted molar refractivity (Wildman–Crippen MR) is 56.6 cm³/mol. The molecule has 0 saturated carbocycles. The van der Waals surface area contributed by atoms with Crippen LogP contribution < -0.4 is 0 Å². The number of allylic oxidation sites excluding steroid dienone is 1. The summed E-state index contributed by atoms with van der Waals surface area (Å²) in [7, 11) is 0. The lowest BCUT2D eigenvalue weighted by atomic mass is 10.2. The summed E-state index contributed by atoms with van der Waals surface area (Å²) in [6.07, 6.45) is 4.40. The summed E-state index contributed by atoms with van der Waals surface area (Å²) in [4.78, 5) is 12.8. The molecule has 0 bridgehead atoms. The maximum atomic E-state index is 11.0. The fourth-order valence-electron chi connectivity index (χ4n) is 1.29. The smallest absolute Gasteiger partial charge is 0.219 e. The normalized spacial score (nSPS) is 16.6. The first-order chi connectivity index (χ1) is 6.20. The Bertz CT molecular complexity index is 185. The van der Waals surface area contributed by atoms with Gasteiger partial charge in [0.25, 0.3) is 0 Å². The number of hydrogen-bond acceptors (Lipinski definition) is 1. The molecule has 0 aliphatic carbocycles. The van der Waals surface area contributed by atoms with Gasteiger partial charge in [-0.3, -0.25) is 4.79 Å². The van der Waals surface area contributed by atoms with Crippen molar-refractivity contribution in [3.63, 3.8) is 0 Å². The van der Waals surface area contributed by atoms with Crippen molar-refractivity contribution in [3.05, 3.63) is 11.6 Å². The maximum absolute atomic E-state index is 11.0. The Balaban J connectivity index is 0.000000671. The summed E-state index contributed by atoms with van der Waals surface area (Å²) >= 11 is 0. The number of hydrogen-bond donors (Lipinski definition) is 0. The first kappa shape index (κ1) is 12.2. The van der Waals surface area contributed by atoms with Crippen LogP contribution in [0.5, 0.6) is 0 Å². The third-order valence-electron chi connectivity index (χ3n) is 2.10. The Hall–Kier alpha value is -0.790. The monoisotopic (exact) mass is 183 g/mol. The highest BCUT2D eigenvalue weighted by Gasteiger charge is 2.09. The van der Waals surface area contributed by atoms with Gasteiger partial charge in [0, 0.05) is 20.0 Å². The fourth-order valence-corrected chi connectivity index (χ4v) is 1.29. The van der Waals surface area contributed by atoms with Gasteiger partial charge in [0.15, 0.2) is 0 Å². The zero-order valence-electron chi connectivity index (χ0n) is 9.26. The Labute approximate surface area is 81.6 Å². The number of amides is 1. The van der Waals surface area contributed by atoms with Gasteiger partial charge in [-0.05, 0) is 19.8 Å². The van der Waals surface area contributed by atoms with Crippen LogP contribution in [0.3, 0.4) is 0 Å². The molecule has 1 aliphatic heterocycles. The minimum atomic E-state index is 0.191. The summed E-state index contributed by atoms with van der Waals surface area (Å²) < 4.78 is 0. The first-order valence-electron chi connectivity index (χ1n) is 5.11. The van der Waals surface area contributed by atoms with E-state index in [1.807, 2.05) is 18.7 Å². The number of nitrogens with zero attached hydrogens (tertiary/aromatic N) is 1. The zero-order valence-corrected chi connectivity index (χ0v) is 9.26. The Morgan fingerprint density at radius 1 is 1.46 bits per heavy atom. The molecule has 0 saturated heterocycles. The summed E-state index contributed by atoms with van der Waals surface area (Å²) in [5, 5.41) is 0. The van der Waals surface area contributed by atoms with E-state index in [1.54, 1.807) is 6.92 Å². The van der Waals surface area contributed by atoms with Crippen LogP contribution in [0, 0.1) is 0 Å². The highest BCUT2D eigenvalue weighted by Crippen LogP contribution is 2.10. The van der Waals surface area contributed by atoms with Gasteiger partial charge >= 0.3 is 0 Å². The van der Waals surface area contributed by atoms with E-state index in [0.717, 1.165) is 25.9 Å². The van der Waals surface area contributed by atoms with Crippen molar-refractivity contribution in [1.82, 2.24) is 4.90 Å². The molecule has 0 atom stereocenters. The van der Waals surface area contributed by atoms with Crippen LogP contribution >= 0.6 is 0 Å². The fraction of sp³-hybridized carbons (Fsp3) is 0.727. The third-order valence-corrected chi connectivity index (χ3v) is 2.10. The number of carbonyl (C=O) groups is 1. The van der Waals surface area contributed by atoms with Crippen molar-refractivity contribution >= 4 is 5.91 Å². The van der Waals surface area contributed by atoms with E-state index in [2.05, 4.69) is 13.0 Å². The molecular weight excluding hydrogens is 162 g/mol. The molecule has 0 fully saturated rings. The minimum Gasteiger partial charge on any atom is -0.339 e. The van der Waals surface area contributed by atoms with Gasteiger partial charge in [0.1, 0.15) is 0 Å². The summed E-state index contributed by atoms with van der Waals surface area (Å²) in [5.74, 6) is 0.191. The second-order valence-corrected chi connectivity index (χ2v) is 3.12. The zero-order chi connectivity index (χ0) is 10.3. The van der Waals surface area contributed by atoms with Gasteiger partial charge in [-0.2, -0.15) is 0 Å². The molecule has 1 amide bonds. The highest BCUT2D eigenvalue weighted by molar-refractivity contribution is 5.73. The van der Waals surface area contributed by atoms with E-state index in [4.69, 9.17) is 0 Å². The van der Waals surface area contributed by atoms with Crippen molar-refractivity contribution in [2.24, 2.45) is 0 Å². The molecule has 0 N–H and O–H groups in total. The Kier molecular flexibility index (Phi) is 6.29. The maximum Gasteiger partial charge on any atom is 0.219 e. The Morgan fingerprint density at radius 3 is 2.62 bits per heavy atom. The first-order valence-corrected chi connectivity index (χ1v) is 5.11. The van der Waals surface area contributed by atoms with Gasteiger partial charge in [-0.1, -0.05) is 25.5 Å². The molecule has 2 nitrogen and oxygen atoms in total. The molecule has 0 unspecified atom stereocenters. The molecule has 13 heavy (non-hydrogen) atoms. The molecule has 1 rings (SSSR count). The van der Waals surface area contributed by atoms with E-state index < -0.39 is 0 Å². The summed E-state index contributed by atoms with van der Waals surface area (Å²) in [6, 6.07) is 0. The van der Waals surface area contributed by atoms with Gasteiger partial charge < -0.3 is 4.90 Å². The predicted octanol–water partition coefficient (Wildman–Crippen LogP) is 2.60. The lowest BCUT2D eigenvalue weighted by molar-refractivity contribution is -0.128. The second-order valence-electron chi connectivity index (χ2n) is 3.12. The van der Waals surface area contributed by atoms with Crippen LogP contribution in [0.25, 0.3) is 0 Å². The third kappa shape index (κ3) is 4.71. The van der Waals surface area contributed by atoms with Crippen LogP contribution in [0.15, 0.2) is 11.6 Å². The second kappa shape index (κ2) is 6.70. The molecule has 0 aromatic rings. The van der Waals surface area contributed by atoms with Crippen molar-refractivity contribution in [2.45, 2.75) is 40.5 Å². The van der Waals surface area contributed by atoms with E-state index in [-0.39, 0.29) is 5.91 Å². The van der Waals surface area contributed by atoms with Crippen LogP contribution in [0.4, 0.5) is 0 Å². The molecule has 0 aromatic heterocycles. The molecular formula is C11H21NO. The van der Waals surface area contributed by atoms with Crippen molar-refractivity contribution in [1.29, 1.82) is 0 Å². The lowest BCUT2D eigenvalue weighted by Gasteiger charge is -2.16. The molecule has 76 valence electrons. The van der Waals surface area contributed by atoms with Crippen LogP contribution in [0.1, 0.15) is 40.5 Å². The van der Waals surface area contributed by atoms with E-state index in [0.29, 0.717) is 0 Å². The largest absolute Gasteiger partial charge is 0.339 e. The van der Waals surface area contributed by atoms with E-state index >= 15 is 0 Å². The van der Waals surface area contributed by atoms with Crippen molar-refractivity contribution < 1.29 is 4.79 Å². The van der Waals surface area contributed by atoms with Gasteiger partial charge in [-0.25, -0.2) is 0 Å². The molecule has 1 aliphatic rings. The van der Waals surface area contributed by atoms with E-state index in [1.165, 1.54) is 5.57 Å². The average molecular weight is 183 g/mol. The standard InChI is InChI=1S/C9H15NO.C2H6/c1-8-4-3-6-10(7-5-8)9(2)11;1-2/h5H,3-4,6-7H2,1-2H3;1-2H3. The SMILES string of the molecule is CC.CC(=O)N1CC=C(C)CCC1. The quantitative estimate of drug-likeness (QED) is 0.529. The molecule has 0 radical (unpaired) electrons. The highest BCUT2D eigenvalue weighted by atomic mass is 16.2. The minimum absolute atomic E-state index is 0.191. The van der Waals surface area contributed by atoms with Crippen LogP contribution in [-0.4, -0.2) is 23.9 Å². The average Bonchev–Trinajstić information content (AvgIpc) is 2.33. The molecule has 2 heteroatoms. The topological polar surface area (TPSA) is 20.3 Å². The molecule has 0 spiro atoms. The number of rotatable bonds is 0. The molecule has 0 aromatic carbocycles. The van der Waals surface area contributed by atoms with Gasteiger partial charge in [0.05, 0.1) is 0 Å².